The van der Waals surface area contributed by atoms with Crippen molar-refractivity contribution in [2.24, 2.45) is 5.73 Å². The van der Waals surface area contributed by atoms with Gasteiger partial charge in [0, 0.05) is 23.6 Å². The van der Waals surface area contributed by atoms with Crippen molar-refractivity contribution in [2.75, 3.05) is 13.7 Å². The zero-order valence-corrected chi connectivity index (χ0v) is 10.4. The number of rotatable bonds is 5. The van der Waals surface area contributed by atoms with Crippen LogP contribution < -0.4 is 5.73 Å². The molecular formula is C10H12N2O5S. The van der Waals surface area contributed by atoms with Crippen LogP contribution in [0, 0.1) is 10.1 Å². The molecule has 7 nitrogen and oxygen atoms in total. The smallest absolute Gasteiger partial charge is 0.323 e. The average Bonchev–Trinajstić information content (AvgIpc) is 2.39. The predicted octanol–water partition coefficient (Wildman–Crippen LogP) is 0.203. The van der Waals surface area contributed by atoms with Crippen molar-refractivity contribution in [2.45, 2.75) is 10.1 Å². The van der Waals surface area contributed by atoms with Crippen LogP contribution in [-0.4, -0.2) is 34.0 Å². The summed E-state index contributed by atoms with van der Waals surface area (Å²) in [7, 11) is -0.516. The zero-order chi connectivity index (χ0) is 13.7. The number of benzene rings is 1. The Morgan fingerprint density at radius 2 is 2.06 bits per heavy atom. The molecule has 0 fully saturated rings. The van der Waals surface area contributed by atoms with Crippen molar-refractivity contribution in [3.63, 3.8) is 0 Å². The fourth-order valence-corrected chi connectivity index (χ4v) is 2.45. The molecule has 0 aromatic heterocycles. The van der Waals surface area contributed by atoms with E-state index in [1.54, 1.807) is 0 Å². The van der Waals surface area contributed by atoms with Crippen LogP contribution in [0.15, 0.2) is 29.2 Å². The number of nitrogens with zero attached hydrogens (tertiary/aromatic N) is 1. The summed E-state index contributed by atoms with van der Waals surface area (Å²) < 4.78 is 16.5. The molecule has 0 saturated heterocycles. The molecule has 0 amide bonds. The van der Waals surface area contributed by atoms with Gasteiger partial charge in [0.2, 0.25) is 0 Å². The number of non-ortho nitro benzene ring substituents is 1. The fourth-order valence-electron chi connectivity index (χ4n) is 1.27. The van der Waals surface area contributed by atoms with E-state index in [-0.39, 0.29) is 12.2 Å². The molecule has 2 atom stereocenters. The highest BCUT2D eigenvalue weighted by atomic mass is 32.2. The molecule has 0 aliphatic rings. The third-order valence-corrected chi connectivity index (χ3v) is 3.85. The van der Waals surface area contributed by atoms with Crippen LogP contribution in [0.3, 0.4) is 0 Å². The van der Waals surface area contributed by atoms with E-state index in [2.05, 4.69) is 4.74 Å². The third kappa shape index (κ3) is 3.11. The van der Waals surface area contributed by atoms with Gasteiger partial charge in [-0.25, -0.2) is 0 Å². The number of esters is 1. The normalized spacial score (nSPS) is 13.7. The standard InChI is InChI=1S/C10H12N2O5S/c1-17-10(13)9(6-11)18(16)8-4-2-7(3-5-8)12(14)15/h2-5,9H,6,11H2,1H3. The molecule has 0 radical (unpaired) electrons. The molecule has 0 heterocycles. The van der Waals surface area contributed by atoms with Gasteiger partial charge >= 0.3 is 5.97 Å². The van der Waals surface area contributed by atoms with Gasteiger partial charge in [0.1, 0.15) is 5.25 Å². The number of nitrogens with two attached hydrogens (primary N) is 1. The van der Waals surface area contributed by atoms with Crippen LogP contribution in [0.25, 0.3) is 0 Å². The monoisotopic (exact) mass is 272 g/mol. The first-order valence-corrected chi connectivity index (χ1v) is 6.15. The number of nitro benzene ring substituents is 1. The average molecular weight is 272 g/mol. The van der Waals surface area contributed by atoms with E-state index < -0.39 is 26.9 Å². The maximum atomic E-state index is 12.0. The highest BCUT2D eigenvalue weighted by molar-refractivity contribution is 7.86. The lowest BCUT2D eigenvalue weighted by atomic mass is 10.3. The van der Waals surface area contributed by atoms with Crippen molar-refractivity contribution in [1.82, 2.24) is 0 Å². The summed E-state index contributed by atoms with van der Waals surface area (Å²) in [5.41, 5.74) is 5.25. The first-order valence-electron chi connectivity index (χ1n) is 4.94. The summed E-state index contributed by atoms with van der Waals surface area (Å²) in [6.45, 7) is -0.129. The quantitative estimate of drug-likeness (QED) is 0.465. The molecule has 0 aliphatic carbocycles. The molecule has 1 aromatic rings. The van der Waals surface area contributed by atoms with E-state index in [4.69, 9.17) is 5.73 Å². The van der Waals surface area contributed by atoms with Gasteiger partial charge in [-0.15, -0.1) is 0 Å². The molecule has 0 aliphatic heterocycles. The van der Waals surface area contributed by atoms with E-state index >= 15 is 0 Å². The van der Waals surface area contributed by atoms with E-state index in [0.29, 0.717) is 4.90 Å². The Bertz CT molecular complexity index is 474. The largest absolute Gasteiger partial charge is 0.468 e. The highest BCUT2D eigenvalue weighted by Gasteiger charge is 2.26. The zero-order valence-electron chi connectivity index (χ0n) is 9.57. The van der Waals surface area contributed by atoms with Crippen molar-refractivity contribution in [3.8, 4) is 0 Å². The minimum absolute atomic E-state index is 0.113. The van der Waals surface area contributed by atoms with Crippen LogP contribution in [-0.2, 0) is 20.3 Å². The minimum atomic E-state index is -1.69. The Labute approximate surface area is 106 Å². The van der Waals surface area contributed by atoms with Gasteiger partial charge in [-0.1, -0.05) is 0 Å². The number of methoxy groups -OCH3 is 1. The third-order valence-electron chi connectivity index (χ3n) is 2.22. The van der Waals surface area contributed by atoms with Gasteiger partial charge in [-0.3, -0.25) is 19.1 Å². The van der Waals surface area contributed by atoms with Crippen LogP contribution >= 0.6 is 0 Å². The Hall–Kier alpha value is -1.80. The van der Waals surface area contributed by atoms with Crippen molar-refractivity contribution < 1.29 is 18.7 Å². The second-order valence-electron chi connectivity index (χ2n) is 3.30. The van der Waals surface area contributed by atoms with Crippen molar-refractivity contribution in [1.29, 1.82) is 0 Å². The van der Waals surface area contributed by atoms with E-state index in [1.807, 2.05) is 0 Å². The minimum Gasteiger partial charge on any atom is -0.468 e. The Kier molecular flexibility index (Phi) is 4.93. The Morgan fingerprint density at radius 1 is 1.50 bits per heavy atom. The summed E-state index contributed by atoms with van der Waals surface area (Å²) >= 11 is 0. The number of hydrogen-bond donors (Lipinski definition) is 1. The number of hydrogen-bond acceptors (Lipinski definition) is 6. The second-order valence-corrected chi connectivity index (χ2v) is 4.93. The summed E-state index contributed by atoms with van der Waals surface area (Å²) in [6.07, 6.45) is 0. The number of carbonyl (C=O) groups is 1. The molecule has 0 saturated carbocycles. The molecule has 1 rings (SSSR count). The topological polar surface area (TPSA) is 113 Å². The van der Waals surface area contributed by atoms with Gasteiger partial charge < -0.3 is 10.5 Å². The fraction of sp³-hybridized carbons (Fsp3) is 0.300. The lowest BCUT2D eigenvalue weighted by Crippen LogP contribution is -2.34. The second kappa shape index (κ2) is 6.22. The highest BCUT2D eigenvalue weighted by Crippen LogP contribution is 2.17. The molecule has 2 unspecified atom stereocenters. The maximum Gasteiger partial charge on any atom is 0.323 e. The first kappa shape index (κ1) is 14.3. The van der Waals surface area contributed by atoms with Crippen LogP contribution in [0.4, 0.5) is 5.69 Å². The van der Waals surface area contributed by atoms with Gasteiger partial charge in [-0.2, -0.15) is 0 Å². The molecule has 18 heavy (non-hydrogen) atoms. The van der Waals surface area contributed by atoms with Crippen molar-refractivity contribution >= 4 is 22.5 Å². The predicted molar refractivity (Wildman–Crippen MR) is 64.4 cm³/mol. The van der Waals surface area contributed by atoms with Crippen LogP contribution in [0.1, 0.15) is 0 Å². The SMILES string of the molecule is COC(=O)C(CN)S(=O)c1ccc([N+](=O)[O-])cc1. The summed E-state index contributed by atoms with van der Waals surface area (Å²) in [5, 5.41) is 9.49. The molecule has 2 N–H and O–H groups in total. The summed E-state index contributed by atoms with van der Waals surface area (Å²) in [4.78, 5) is 21.5. The van der Waals surface area contributed by atoms with Gasteiger partial charge in [0.05, 0.1) is 22.8 Å². The maximum absolute atomic E-state index is 12.0. The number of ether oxygens (including phenoxy) is 1. The number of nitro groups is 1. The molecule has 1 aromatic carbocycles. The summed E-state index contributed by atoms with van der Waals surface area (Å²) in [5.74, 6) is -0.672. The van der Waals surface area contributed by atoms with Crippen molar-refractivity contribution in [3.05, 3.63) is 34.4 Å². The van der Waals surface area contributed by atoms with Gasteiger partial charge in [0.15, 0.2) is 0 Å². The van der Waals surface area contributed by atoms with E-state index in [9.17, 15) is 19.1 Å². The van der Waals surface area contributed by atoms with E-state index in [1.165, 1.54) is 31.4 Å². The molecule has 98 valence electrons. The molecular weight excluding hydrogens is 260 g/mol. The first-order chi connectivity index (χ1) is 8.51. The lowest BCUT2D eigenvalue weighted by Gasteiger charge is -2.11. The number of carbonyl (C=O) groups excluding carboxylic acids is 1. The molecule has 8 heteroatoms. The van der Waals surface area contributed by atoms with Gasteiger partial charge in [0.25, 0.3) is 5.69 Å². The summed E-state index contributed by atoms with van der Waals surface area (Å²) in [6, 6.07) is 5.11. The Morgan fingerprint density at radius 3 is 2.44 bits per heavy atom. The van der Waals surface area contributed by atoms with Crippen LogP contribution in [0.5, 0.6) is 0 Å². The molecule has 0 bridgehead atoms. The van der Waals surface area contributed by atoms with E-state index in [0.717, 1.165) is 0 Å². The Balaban J connectivity index is 2.95. The van der Waals surface area contributed by atoms with Gasteiger partial charge in [-0.05, 0) is 12.1 Å². The molecule has 0 spiro atoms. The lowest BCUT2D eigenvalue weighted by molar-refractivity contribution is -0.384. The van der Waals surface area contributed by atoms with Crippen LogP contribution in [0.2, 0.25) is 0 Å².